The van der Waals surface area contributed by atoms with Crippen LogP contribution < -0.4 is 5.32 Å². The maximum atomic E-state index is 13.2. The van der Waals surface area contributed by atoms with Crippen molar-refractivity contribution in [3.63, 3.8) is 0 Å². The number of carbonyl (C=O) groups excluding carboxylic acids is 2. The molecular weight excluding hydrogens is 472 g/mol. The van der Waals surface area contributed by atoms with E-state index in [2.05, 4.69) is 33.4 Å². The van der Waals surface area contributed by atoms with Crippen molar-refractivity contribution in [1.82, 2.24) is 10.2 Å². The molecule has 0 radical (unpaired) electrons. The predicted octanol–water partition coefficient (Wildman–Crippen LogP) is 5.71. The fourth-order valence-corrected chi connectivity index (χ4v) is 4.32. The lowest BCUT2D eigenvalue weighted by Crippen LogP contribution is -2.53. The van der Waals surface area contributed by atoms with Gasteiger partial charge in [0.25, 0.3) is 0 Å². The van der Waals surface area contributed by atoms with Gasteiger partial charge in [-0.15, -0.1) is 11.8 Å². The molecule has 2 amide bonds. The van der Waals surface area contributed by atoms with Crippen LogP contribution >= 0.6 is 27.7 Å². The summed E-state index contributed by atoms with van der Waals surface area (Å²) >= 11 is 5.02. The highest BCUT2D eigenvalue weighted by molar-refractivity contribution is 9.10. The Morgan fingerprint density at radius 3 is 2.16 bits per heavy atom. The van der Waals surface area contributed by atoms with E-state index in [1.807, 2.05) is 71.0 Å². The highest BCUT2D eigenvalue weighted by Gasteiger charge is 2.30. The van der Waals surface area contributed by atoms with Gasteiger partial charge < -0.3 is 10.2 Å². The van der Waals surface area contributed by atoms with Crippen LogP contribution in [0, 0.1) is 6.92 Å². The third-order valence-electron chi connectivity index (χ3n) is 4.77. The number of halogens is 1. The van der Waals surface area contributed by atoms with E-state index in [-0.39, 0.29) is 17.4 Å². The summed E-state index contributed by atoms with van der Waals surface area (Å²) in [5.41, 5.74) is 3.02. The Balaban J connectivity index is 2.14. The highest BCUT2D eigenvalue weighted by atomic mass is 79.9. The second kappa shape index (κ2) is 11.7. The smallest absolute Gasteiger partial charge is 0.243 e. The van der Waals surface area contributed by atoms with Crippen molar-refractivity contribution in [2.24, 2.45) is 0 Å². The number of nitrogens with zero attached hydrogens (tertiary/aromatic N) is 1. The number of carbonyl (C=O) groups is 2. The minimum absolute atomic E-state index is 0.0152. The molecule has 0 saturated heterocycles. The van der Waals surface area contributed by atoms with Crippen LogP contribution in [0.15, 0.2) is 53.0 Å². The zero-order chi connectivity index (χ0) is 23.0. The lowest BCUT2D eigenvalue weighted by Gasteiger charge is -2.33. The van der Waals surface area contributed by atoms with Crippen molar-refractivity contribution in [1.29, 1.82) is 0 Å². The Hall–Kier alpha value is -1.79. The third-order valence-corrected chi connectivity index (χ3v) is 6.28. The van der Waals surface area contributed by atoms with Crippen molar-refractivity contribution in [2.45, 2.75) is 64.9 Å². The lowest BCUT2D eigenvalue weighted by atomic mass is 10.1. The molecule has 2 aromatic rings. The summed E-state index contributed by atoms with van der Waals surface area (Å²) in [6.07, 6.45) is 0.566. The van der Waals surface area contributed by atoms with E-state index >= 15 is 0 Å². The largest absolute Gasteiger partial charge is 0.350 e. The van der Waals surface area contributed by atoms with Crippen molar-refractivity contribution < 1.29 is 9.59 Å². The summed E-state index contributed by atoms with van der Waals surface area (Å²) in [6, 6.07) is 15.7. The molecule has 6 heteroatoms. The van der Waals surface area contributed by atoms with Crippen LogP contribution in [0.25, 0.3) is 0 Å². The van der Waals surface area contributed by atoms with Gasteiger partial charge in [-0.1, -0.05) is 64.8 Å². The molecule has 0 aliphatic rings. The van der Waals surface area contributed by atoms with Crippen molar-refractivity contribution >= 4 is 39.5 Å². The van der Waals surface area contributed by atoms with Crippen LogP contribution in [0.3, 0.4) is 0 Å². The summed E-state index contributed by atoms with van der Waals surface area (Å²) in [5, 5.41) is 3.04. The van der Waals surface area contributed by atoms with Gasteiger partial charge in [0.05, 0.1) is 5.75 Å². The maximum Gasteiger partial charge on any atom is 0.243 e. The Morgan fingerprint density at radius 1 is 1.03 bits per heavy atom. The number of aryl methyl sites for hydroxylation is 1. The fourth-order valence-electron chi connectivity index (χ4n) is 3.18. The first-order chi connectivity index (χ1) is 14.6. The molecule has 0 aromatic heterocycles. The SMILES string of the molecule is CCC(C(=O)NC(C)(C)C)N(Cc1ccc(C)cc1)C(=O)CSCc1ccc(Br)cc1. The third kappa shape index (κ3) is 8.69. The first-order valence-corrected chi connectivity index (χ1v) is 12.5. The average Bonchev–Trinajstić information content (AvgIpc) is 2.69. The van der Waals surface area contributed by atoms with Gasteiger partial charge in [0, 0.05) is 22.3 Å². The molecule has 168 valence electrons. The van der Waals surface area contributed by atoms with Crippen molar-refractivity contribution in [3.05, 3.63) is 69.7 Å². The average molecular weight is 506 g/mol. The Kier molecular flexibility index (Phi) is 9.63. The van der Waals surface area contributed by atoms with Gasteiger partial charge in [0.15, 0.2) is 0 Å². The van der Waals surface area contributed by atoms with Gasteiger partial charge in [-0.25, -0.2) is 0 Å². The second-order valence-electron chi connectivity index (χ2n) is 8.79. The number of thioether (sulfide) groups is 1. The van der Waals surface area contributed by atoms with Gasteiger partial charge in [-0.05, 0) is 57.4 Å². The normalized spacial score (nSPS) is 12.3. The van der Waals surface area contributed by atoms with E-state index in [0.717, 1.165) is 15.8 Å². The van der Waals surface area contributed by atoms with E-state index < -0.39 is 6.04 Å². The van der Waals surface area contributed by atoms with Crippen molar-refractivity contribution in [2.75, 3.05) is 5.75 Å². The van der Waals surface area contributed by atoms with E-state index in [4.69, 9.17) is 0 Å². The lowest BCUT2D eigenvalue weighted by molar-refractivity contribution is -0.140. The van der Waals surface area contributed by atoms with Crippen LogP contribution in [0.2, 0.25) is 0 Å². The first kappa shape index (κ1) is 25.5. The van der Waals surface area contributed by atoms with Gasteiger partial charge in [-0.2, -0.15) is 0 Å². The summed E-state index contributed by atoms with van der Waals surface area (Å²) in [6.45, 7) is 10.3. The fraction of sp³-hybridized carbons (Fsp3) is 0.440. The Labute approximate surface area is 199 Å². The number of rotatable bonds is 9. The molecule has 1 atom stereocenters. The summed E-state index contributed by atoms with van der Waals surface area (Å²) < 4.78 is 1.04. The number of nitrogens with one attached hydrogen (secondary N) is 1. The zero-order valence-corrected chi connectivity index (χ0v) is 21.5. The van der Waals surface area contributed by atoms with Crippen LogP contribution in [0.5, 0.6) is 0 Å². The molecule has 0 spiro atoms. The minimum atomic E-state index is -0.499. The standard InChI is InChI=1S/C25H33BrN2O2S/c1-6-22(24(30)27-25(3,4)5)28(15-19-9-7-18(2)8-10-19)23(29)17-31-16-20-11-13-21(26)14-12-20/h7-14,22H,6,15-17H2,1-5H3,(H,27,30). The molecule has 31 heavy (non-hydrogen) atoms. The summed E-state index contributed by atoms with van der Waals surface area (Å²) in [5.74, 6) is 0.968. The molecule has 4 nitrogen and oxygen atoms in total. The van der Waals surface area contributed by atoms with E-state index in [1.54, 1.807) is 16.7 Å². The topological polar surface area (TPSA) is 49.4 Å². The zero-order valence-electron chi connectivity index (χ0n) is 19.1. The van der Waals surface area contributed by atoms with Gasteiger partial charge in [-0.3, -0.25) is 9.59 Å². The number of benzene rings is 2. The number of amides is 2. The molecule has 0 aliphatic carbocycles. The van der Waals surface area contributed by atoms with E-state index in [1.165, 1.54) is 11.1 Å². The van der Waals surface area contributed by atoms with Crippen LogP contribution in [0.4, 0.5) is 0 Å². The molecule has 2 rings (SSSR count). The van der Waals surface area contributed by atoms with Crippen LogP contribution in [-0.2, 0) is 21.9 Å². The molecule has 1 unspecified atom stereocenters. The summed E-state index contributed by atoms with van der Waals surface area (Å²) in [4.78, 5) is 28.0. The molecule has 0 aliphatic heterocycles. The van der Waals surface area contributed by atoms with Crippen LogP contribution in [0.1, 0.15) is 50.8 Å². The molecular formula is C25H33BrN2O2S. The predicted molar refractivity (Wildman–Crippen MR) is 134 cm³/mol. The molecule has 0 fully saturated rings. The molecule has 0 saturated carbocycles. The number of hydrogen-bond acceptors (Lipinski definition) is 3. The van der Waals surface area contributed by atoms with Gasteiger partial charge in [0.1, 0.15) is 6.04 Å². The van der Waals surface area contributed by atoms with Crippen LogP contribution in [-0.4, -0.2) is 34.0 Å². The van der Waals surface area contributed by atoms with E-state index in [9.17, 15) is 9.59 Å². The second-order valence-corrected chi connectivity index (χ2v) is 10.7. The molecule has 1 N–H and O–H groups in total. The molecule has 2 aromatic carbocycles. The van der Waals surface area contributed by atoms with Gasteiger partial charge in [0.2, 0.25) is 11.8 Å². The quantitative estimate of drug-likeness (QED) is 0.475. The summed E-state index contributed by atoms with van der Waals surface area (Å²) in [7, 11) is 0. The first-order valence-electron chi connectivity index (χ1n) is 10.6. The molecule has 0 heterocycles. The number of hydrogen-bond donors (Lipinski definition) is 1. The minimum Gasteiger partial charge on any atom is -0.350 e. The Morgan fingerprint density at radius 2 is 1.61 bits per heavy atom. The molecule has 0 bridgehead atoms. The van der Waals surface area contributed by atoms with Crippen molar-refractivity contribution in [3.8, 4) is 0 Å². The van der Waals surface area contributed by atoms with E-state index in [0.29, 0.717) is 18.7 Å². The maximum absolute atomic E-state index is 13.2. The van der Waals surface area contributed by atoms with Gasteiger partial charge >= 0.3 is 0 Å². The monoisotopic (exact) mass is 504 g/mol. The highest BCUT2D eigenvalue weighted by Crippen LogP contribution is 2.19. The Bertz CT molecular complexity index is 861.